The van der Waals surface area contributed by atoms with Gasteiger partial charge in [-0.2, -0.15) is 5.10 Å². The highest BCUT2D eigenvalue weighted by atomic mass is 35.5. The van der Waals surface area contributed by atoms with E-state index in [-0.39, 0.29) is 40.4 Å². The summed E-state index contributed by atoms with van der Waals surface area (Å²) < 4.78 is 15.7. The smallest absolute Gasteiger partial charge is 0.280 e. The lowest BCUT2D eigenvalue weighted by Gasteiger charge is -2.25. The number of aromatic hydroxyl groups is 1. The average Bonchev–Trinajstić information content (AvgIpc) is 2.97. The van der Waals surface area contributed by atoms with Crippen LogP contribution in [-0.2, 0) is 13.1 Å². The molecule has 0 saturated heterocycles. The van der Waals surface area contributed by atoms with Crippen molar-refractivity contribution >= 4 is 34.3 Å². The van der Waals surface area contributed by atoms with Crippen LogP contribution in [0.15, 0.2) is 23.0 Å². The predicted molar refractivity (Wildman–Crippen MR) is 102 cm³/mol. The molecule has 0 unspecified atom stereocenters. The molecular formula is C18H15ClFN5O4. The van der Waals surface area contributed by atoms with Crippen molar-refractivity contribution in [3.8, 4) is 5.75 Å². The van der Waals surface area contributed by atoms with E-state index >= 15 is 0 Å². The summed E-state index contributed by atoms with van der Waals surface area (Å²) in [6.07, 6.45) is 0. The summed E-state index contributed by atoms with van der Waals surface area (Å²) in [5, 5.41) is 14.3. The van der Waals surface area contributed by atoms with Gasteiger partial charge in [-0.25, -0.2) is 9.07 Å². The van der Waals surface area contributed by atoms with Crippen molar-refractivity contribution in [2.45, 2.75) is 13.1 Å². The zero-order valence-electron chi connectivity index (χ0n) is 15.1. The Bertz CT molecular complexity index is 1270. The van der Waals surface area contributed by atoms with Gasteiger partial charge >= 0.3 is 0 Å². The van der Waals surface area contributed by atoms with Crippen molar-refractivity contribution in [3.05, 3.63) is 56.3 Å². The van der Waals surface area contributed by atoms with Crippen molar-refractivity contribution in [3.63, 3.8) is 0 Å². The molecule has 0 aliphatic carbocycles. The summed E-state index contributed by atoms with van der Waals surface area (Å²) in [5.74, 6) is -2.56. The van der Waals surface area contributed by atoms with Gasteiger partial charge in [0.25, 0.3) is 17.4 Å². The number of nitrogens with two attached hydrogens (primary N) is 1. The van der Waals surface area contributed by atoms with Crippen molar-refractivity contribution < 1.29 is 19.1 Å². The van der Waals surface area contributed by atoms with Gasteiger partial charge in [-0.1, -0.05) is 17.7 Å². The van der Waals surface area contributed by atoms with E-state index in [9.17, 15) is 23.9 Å². The van der Waals surface area contributed by atoms with E-state index in [1.54, 1.807) is 7.05 Å². The molecule has 1 aliphatic heterocycles. The summed E-state index contributed by atoms with van der Waals surface area (Å²) in [4.78, 5) is 39.0. The van der Waals surface area contributed by atoms with Gasteiger partial charge in [0, 0.05) is 20.1 Å². The zero-order chi connectivity index (χ0) is 21.0. The second-order valence-corrected chi connectivity index (χ2v) is 7.13. The van der Waals surface area contributed by atoms with Gasteiger partial charge < -0.3 is 20.3 Å². The number of amides is 2. The number of rotatable bonds is 3. The molecule has 0 saturated carbocycles. The van der Waals surface area contributed by atoms with Crippen LogP contribution in [0.1, 0.15) is 26.5 Å². The third-order valence-corrected chi connectivity index (χ3v) is 5.18. The van der Waals surface area contributed by atoms with Gasteiger partial charge in [-0.15, -0.1) is 0 Å². The van der Waals surface area contributed by atoms with E-state index in [4.69, 9.17) is 17.3 Å². The third-order valence-electron chi connectivity index (χ3n) is 4.89. The third kappa shape index (κ3) is 2.83. The molecule has 150 valence electrons. The van der Waals surface area contributed by atoms with Crippen LogP contribution in [0.2, 0.25) is 5.02 Å². The molecule has 3 heterocycles. The first-order valence-corrected chi connectivity index (χ1v) is 8.94. The number of hydrogen-bond acceptors (Lipinski definition) is 5. The Morgan fingerprint density at radius 2 is 2.07 bits per heavy atom. The molecule has 29 heavy (non-hydrogen) atoms. The molecule has 0 atom stereocenters. The number of nitrogens with zero attached hydrogens (tertiary/aromatic N) is 4. The van der Waals surface area contributed by atoms with E-state index in [2.05, 4.69) is 5.10 Å². The molecule has 1 aromatic carbocycles. The van der Waals surface area contributed by atoms with Gasteiger partial charge in [0.15, 0.2) is 17.1 Å². The lowest BCUT2D eigenvalue weighted by molar-refractivity contribution is 0.0746. The summed E-state index contributed by atoms with van der Waals surface area (Å²) in [7, 11) is 1.56. The highest BCUT2D eigenvalue weighted by molar-refractivity contribution is 6.30. The summed E-state index contributed by atoms with van der Waals surface area (Å²) >= 11 is 5.78. The fraction of sp³-hybridized carbons (Fsp3) is 0.222. The number of carbonyl (C=O) groups is 2. The first kappa shape index (κ1) is 18.9. The number of primary amides is 1. The molecule has 2 aromatic heterocycles. The number of fused-ring (bicyclic) bond motifs is 3. The number of benzene rings is 1. The van der Waals surface area contributed by atoms with Crippen LogP contribution in [0.5, 0.6) is 5.75 Å². The quantitative estimate of drug-likeness (QED) is 0.653. The van der Waals surface area contributed by atoms with E-state index < -0.39 is 28.9 Å². The summed E-state index contributed by atoms with van der Waals surface area (Å²) in [6.45, 7) is 0.431. The lowest BCUT2D eigenvalue weighted by atomic mass is 10.2. The number of aromatic nitrogens is 3. The summed E-state index contributed by atoms with van der Waals surface area (Å²) in [5.41, 5.74) is 4.85. The van der Waals surface area contributed by atoms with Crippen LogP contribution >= 0.6 is 11.6 Å². The van der Waals surface area contributed by atoms with Crippen LogP contribution in [0.4, 0.5) is 4.39 Å². The van der Waals surface area contributed by atoms with Crippen LogP contribution in [0.25, 0.3) is 10.9 Å². The molecule has 0 radical (unpaired) electrons. The van der Waals surface area contributed by atoms with Crippen LogP contribution in [-0.4, -0.2) is 49.8 Å². The first-order chi connectivity index (χ1) is 13.7. The normalized spacial score (nSPS) is 13.8. The minimum atomic E-state index is -0.924. The second kappa shape index (κ2) is 6.59. The molecule has 11 heteroatoms. The van der Waals surface area contributed by atoms with Crippen molar-refractivity contribution in [2.24, 2.45) is 5.73 Å². The van der Waals surface area contributed by atoms with Gasteiger partial charge in [0.2, 0.25) is 0 Å². The highest BCUT2D eigenvalue weighted by Crippen LogP contribution is 2.33. The highest BCUT2D eigenvalue weighted by Gasteiger charge is 2.33. The maximum atomic E-state index is 13.4. The Morgan fingerprint density at radius 3 is 2.72 bits per heavy atom. The lowest BCUT2D eigenvalue weighted by Crippen LogP contribution is -2.37. The molecule has 1 aliphatic rings. The molecule has 0 spiro atoms. The Balaban J connectivity index is 1.99. The maximum absolute atomic E-state index is 13.4. The van der Waals surface area contributed by atoms with Gasteiger partial charge in [-0.05, 0) is 17.7 Å². The molecule has 9 nitrogen and oxygen atoms in total. The Kier molecular flexibility index (Phi) is 4.30. The zero-order valence-corrected chi connectivity index (χ0v) is 15.9. The molecule has 4 rings (SSSR count). The number of hydrogen-bond donors (Lipinski definition) is 2. The van der Waals surface area contributed by atoms with Crippen molar-refractivity contribution in [1.29, 1.82) is 0 Å². The molecule has 2 amide bonds. The second-order valence-electron chi connectivity index (χ2n) is 6.72. The van der Waals surface area contributed by atoms with Crippen molar-refractivity contribution in [1.82, 2.24) is 19.2 Å². The van der Waals surface area contributed by atoms with Crippen LogP contribution in [0.3, 0.4) is 0 Å². The van der Waals surface area contributed by atoms with E-state index in [0.29, 0.717) is 12.1 Å². The van der Waals surface area contributed by atoms with E-state index in [1.807, 2.05) is 0 Å². The molecule has 3 N–H and O–H groups in total. The van der Waals surface area contributed by atoms with Crippen molar-refractivity contribution in [2.75, 3.05) is 13.6 Å². The fourth-order valence-electron chi connectivity index (χ4n) is 3.45. The fourth-order valence-corrected chi connectivity index (χ4v) is 3.66. The first-order valence-electron chi connectivity index (χ1n) is 8.56. The molecule has 3 aromatic rings. The van der Waals surface area contributed by atoms with Crippen LogP contribution in [0, 0.1) is 5.82 Å². The monoisotopic (exact) mass is 419 g/mol. The number of carbonyl (C=O) groups excluding carboxylic acids is 2. The number of halogens is 2. The minimum absolute atomic E-state index is 0.0184. The molecule has 0 fully saturated rings. The standard InChI is InChI=1S/C18H15ClFN5O4/c1-23-4-5-24-13-11(15(26)14(24)18(23)29)17(28)25(22-12(13)16(21)27)7-8-2-3-10(20)9(19)6-8/h2-3,6,26H,4-5,7H2,1H3,(H2,21,27). The van der Waals surface area contributed by atoms with Gasteiger partial charge in [0.05, 0.1) is 17.1 Å². The minimum Gasteiger partial charge on any atom is -0.505 e. The Morgan fingerprint density at radius 1 is 1.34 bits per heavy atom. The molecular weight excluding hydrogens is 405 g/mol. The predicted octanol–water partition coefficient (Wildman–Crippen LogP) is 0.929. The van der Waals surface area contributed by atoms with Gasteiger partial charge in [0.1, 0.15) is 11.2 Å². The topological polar surface area (TPSA) is 123 Å². The van der Waals surface area contributed by atoms with Crippen LogP contribution < -0.4 is 11.3 Å². The summed E-state index contributed by atoms with van der Waals surface area (Å²) in [6, 6.07) is 3.87. The Hall–Kier alpha value is -3.40. The SMILES string of the molecule is CN1CCn2c(c(O)c3c(=O)n(Cc4ccc(F)c(Cl)c4)nc(C(N)=O)c32)C1=O. The van der Waals surface area contributed by atoms with E-state index in [1.165, 1.54) is 21.6 Å². The van der Waals surface area contributed by atoms with E-state index in [0.717, 1.165) is 10.7 Å². The largest absolute Gasteiger partial charge is 0.505 e. The molecule has 0 bridgehead atoms. The maximum Gasteiger partial charge on any atom is 0.280 e. The Labute approximate surface area is 167 Å². The van der Waals surface area contributed by atoms with Gasteiger partial charge in [-0.3, -0.25) is 14.4 Å². The number of likely N-dealkylation sites (N-methyl/N-ethyl adjacent to an activating group) is 1. The average molecular weight is 420 g/mol.